The average molecular weight is 307 g/mol. The Bertz CT molecular complexity index is 754. The minimum atomic E-state index is -0.445. The maximum Gasteiger partial charge on any atom is 0.285 e. The van der Waals surface area contributed by atoms with E-state index in [1.807, 2.05) is 0 Å². The third-order valence-corrected chi connectivity index (χ3v) is 3.36. The molecule has 2 aromatic rings. The summed E-state index contributed by atoms with van der Waals surface area (Å²) in [5.74, 6) is 2.14. The number of hydrogen-bond donors (Lipinski definition) is 0. The van der Waals surface area contributed by atoms with Crippen molar-refractivity contribution in [3.63, 3.8) is 0 Å². The van der Waals surface area contributed by atoms with Crippen molar-refractivity contribution < 1.29 is 19.2 Å². The van der Waals surface area contributed by atoms with E-state index in [-0.39, 0.29) is 13.2 Å². The SMILES string of the molecule is C#CCOc1ccc(CON2C(=O)c3ccccc3C2=O)cc1. The van der Waals surface area contributed by atoms with Crippen molar-refractivity contribution in [3.8, 4) is 18.1 Å². The van der Waals surface area contributed by atoms with Gasteiger partial charge in [0, 0.05) is 0 Å². The Morgan fingerprint density at radius 1 is 0.957 bits per heavy atom. The van der Waals surface area contributed by atoms with Gasteiger partial charge in [-0.05, 0) is 29.8 Å². The quantitative estimate of drug-likeness (QED) is 0.629. The summed E-state index contributed by atoms with van der Waals surface area (Å²) in [6.07, 6.45) is 5.12. The second-order valence-corrected chi connectivity index (χ2v) is 4.86. The van der Waals surface area contributed by atoms with Crippen LogP contribution < -0.4 is 4.74 Å². The van der Waals surface area contributed by atoms with Gasteiger partial charge in [-0.2, -0.15) is 0 Å². The predicted molar refractivity (Wildman–Crippen MR) is 82.5 cm³/mol. The van der Waals surface area contributed by atoms with Crippen molar-refractivity contribution in [2.75, 3.05) is 6.61 Å². The first kappa shape index (κ1) is 14.8. The lowest BCUT2D eigenvalue weighted by atomic mass is 10.1. The minimum absolute atomic E-state index is 0.0981. The lowest BCUT2D eigenvalue weighted by molar-refractivity contribution is -0.101. The highest BCUT2D eigenvalue weighted by Gasteiger charge is 2.36. The molecule has 0 saturated carbocycles. The number of nitrogens with zero attached hydrogens (tertiary/aromatic N) is 1. The van der Waals surface area contributed by atoms with Gasteiger partial charge in [-0.25, -0.2) is 0 Å². The number of rotatable bonds is 5. The molecule has 1 aliphatic rings. The Labute approximate surface area is 133 Å². The molecule has 114 valence electrons. The summed E-state index contributed by atoms with van der Waals surface area (Å²) >= 11 is 0. The molecule has 0 N–H and O–H groups in total. The van der Waals surface area contributed by atoms with E-state index in [0.717, 1.165) is 10.6 Å². The Hall–Kier alpha value is -3.10. The highest BCUT2D eigenvalue weighted by molar-refractivity contribution is 6.20. The number of ether oxygens (including phenoxy) is 1. The summed E-state index contributed by atoms with van der Waals surface area (Å²) in [6.45, 7) is 0.297. The molecule has 5 heteroatoms. The van der Waals surface area contributed by atoms with Crippen LogP contribution in [0.4, 0.5) is 0 Å². The fraction of sp³-hybridized carbons (Fsp3) is 0.111. The van der Waals surface area contributed by atoms with Crippen LogP contribution in [0.25, 0.3) is 0 Å². The van der Waals surface area contributed by atoms with Crippen LogP contribution in [-0.4, -0.2) is 23.5 Å². The lowest BCUT2D eigenvalue weighted by Gasteiger charge is -2.13. The first-order valence-corrected chi connectivity index (χ1v) is 6.96. The predicted octanol–water partition coefficient (Wildman–Crippen LogP) is 2.43. The molecule has 0 bridgehead atoms. The van der Waals surface area contributed by atoms with Gasteiger partial charge in [0.2, 0.25) is 0 Å². The molecule has 0 aromatic heterocycles. The van der Waals surface area contributed by atoms with E-state index >= 15 is 0 Å². The number of benzene rings is 2. The fourth-order valence-corrected chi connectivity index (χ4v) is 2.23. The number of amides is 2. The number of hydroxylamine groups is 2. The van der Waals surface area contributed by atoms with E-state index in [9.17, 15) is 9.59 Å². The van der Waals surface area contributed by atoms with Gasteiger partial charge in [0.05, 0.1) is 11.1 Å². The summed E-state index contributed by atoms with van der Waals surface area (Å²) in [5.41, 5.74) is 1.51. The van der Waals surface area contributed by atoms with Crippen molar-refractivity contribution in [2.24, 2.45) is 0 Å². The van der Waals surface area contributed by atoms with E-state index in [1.165, 1.54) is 0 Å². The van der Waals surface area contributed by atoms with Crippen LogP contribution >= 0.6 is 0 Å². The molecule has 5 nitrogen and oxygen atoms in total. The topological polar surface area (TPSA) is 55.8 Å². The lowest BCUT2D eigenvalue weighted by Crippen LogP contribution is -2.29. The molecule has 0 saturated heterocycles. The number of carbonyl (C=O) groups excluding carboxylic acids is 2. The maximum absolute atomic E-state index is 12.1. The third-order valence-electron chi connectivity index (χ3n) is 3.36. The highest BCUT2D eigenvalue weighted by atomic mass is 16.7. The molecule has 0 spiro atoms. The van der Waals surface area contributed by atoms with Crippen molar-refractivity contribution in [1.82, 2.24) is 5.06 Å². The van der Waals surface area contributed by atoms with E-state index in [2.05, 4.69) is 5.92 Å². The van der Waals surface area contributed by atoms with Crippen molar-refractivity contribution in [2.45, 2.75) is 6.61 Å². The largest absolute Gasteiger partial charge is 0.481 e. The minimum Gasteiger partial charge on any atom is -0.481 e. The first-order chi connectivity index (χ1) is 11.2. The highest BCUT2D eigenvalue weighted by Crippen LogP contribution is 2.23. The maximum atomic E-state index is 12.1. The van der Waals surface area contributed by atoms with Gasteiger partial charge in [-0.1, -0.05) is 30.2 Å². The summed E-state index contributed by atoms with van der Waals surface area (Å²) < 4.78 is 5.27. The molecule has 3 rings (SSSR count). The summed E-state index contributed by atoms with van der Waals surface area (Å²) in [4.78, 5) is 29.7. The van der Waals surface area contributed by atoms with Gasteiger partial charge < -0.3 is 4.74 Å². The molecular weight excluding hydrogens is 294 g/mol. The fourth-order valence-electron chi connectivity index (χ4n) is 2.23. The van der Waals surface area contributed by atoms with E-state index in [1.54, 1.807) is 48.5 Å². The molecule has 0 aliphatic carbocycles. The van der Waals surface area contributed by atoms with Crippen LogP contribution in [0.3, 0.4) is 0 Å². The second-order valence-electron chi connectivity index (χ2n) is 4.86. The van der Waals surface area contributed by atoms with Crippen LogP contribution in [0.5, 0.6) is 5.75 Å². The Balaban J connectivity index is 1.64. The van der Waals surface area contributed by atoms with Gasteiger partial charge in [-0.3, -0.25) is 14.4 Å². The van der Waals surface area contributed by atoms with Crippen molar-refractivity contribution in [1.29, 1.82) is 0 Å². The summed E-state index contributed by atoms with van der Waals surface area (Å²) in [5, 5.41) is 0.799. The van der Waals surface area contributed by atoms with Crippen molar-refractivity contribution in [3.05, 3.63) is 65.2 Å². The van der Waals surface area contributed by atoms with Crippen LogP contribution in [0, 0.1) is 12.3 Å². The molecular formula is C18H13NO4. The van der Waals surface area contributed by atoms with Crippen LogP contribution in [0.2, 0.25) is 0 Å². The number of carbonyl (C=O) groups is 2. The van der Waals surface area contributed by atoms with Gasteiger partial charge >= 0.3 is 0 Å². The van der Waals surface area contributed by atoms with E-state index in [0.29, 0.717) is 16.9 Å². The molecule has 2 aromatic carbocycles. The standard InChI is InChI=1S/C18H13NO4/c1-2-11-22-14-9-7-13(8-10-14)12-23-19-17(20)15-5-3-4-6-16(15)18(19)21/h1,3-10H,11-12H2. The monoisotopic (exact) mass is 307 g/mol. The van der Waals surface area contributed by atoms with E-state index in [4.69, 9.17) is 16.0 Å². The number of hydrogen-bond acceptors (Lipinski definition) is 4. The zero-order chi connectivity index (χ0) is 16.2. The van der Waals surface area contributed by atoms with E-state index < -0.39 is 11.8 Å². The van der Waals surface area contributed by atoms with Gasteiger partial charge in [0.15, 0.2) is 0 Å². The molecule has 2 amide bonds. The molecule has 1 aliphatic heterocycles. The normalized spacial score (nSPS) is 12.9. The van der Waals surface area contributed by atoms with Crippen LogP contribution in [0.15, 0.2) is 48.5 Å². The summed E-state index contributed by atoms with van der Waals surface area (Å²) in [7, 11) is 0. The van der Waals surface area contributed by atoms with Gasteiger partial charge in [-0.15, -0.1) is 11.5 Å². The molecule has 23 heavy (non-hydrogen) atoms. The molecule has 0 unspecified atom stereocenters. The third kappa shape index (κ3) is 2.93. The summed E-state index contributed by atoms with van der Waals surface area (Å²) in [6, 6.07) is 13.7. The molecule has 1 heterocycles. The Morgan fingerprint density at radius 2 is 1.57 bits per heavy atom. The smallest absolute Gasteiger partial charge is 0.285 e. The number of terminal acetylenes is 1. The Morgan fingerprint density at radius 3 is 2.13 bits per heavy atom. The average Bonchev–Trinajstić information content (AvgIpc) is 2.84. The molecule has 0 fully saturated rings. The molecule has 0 atom stereocenters. The Kier molecular flexibility index (Phi) is 4.09. The molecule has 0 radical (unpaired) electrons. The number of imide groups is 1. The van der Waals surface area contributed by atoms with Crippen molar-refractivity contribution >= 4 is 11.8 Å². The first-order valence-electron chi connectivity index (χ1n) is 6.96. The number of fused-ring (bicyclic) bond motifs is 1. The zero-order valence-corrected chi connectivity index (χ0v) is 12.2. The second kappa shape index (κ2) is 6.34. The zero-order valence-electron chi connectivity index (χ0n) is 12.2. The van der Waals surface area contributed by atoms with Gasteiger partial charge in [0.1, 0.15) is 19.0 Å². The van der Waals surface area contributed by atoms with Crippen LogP contribution in [-0.2, 0) is 11.4 Å². The van der Waals surface area contributed by atoms with Crippen LogP contribution in [0.1, 0.15) is 26.3 Å². The van der Waals surface area contributed by atoms with Gasteiger partial charge in [0.25, 0.3) is 11.8 Å².